The van der Waals surface area contributed by atoms with Crippen molar-refractivity contribution in [2.45, 2.75) is 19.3 Å². The minimum absolute atomic E-state index is 0.0965. The lowest BCUT2D eigenvalue weighted by molar-refractivity contribution is 0.0696. The molecule has 0 bridgehead atoms. The summed E-state index contributed by atoms with van der Waals surface area (Å²) >= 11 is 0. The van der Waals surface area contributed by atoms with E-state index in [0.717, 1.165) is 18.5 Å². The monoisotopic (exact) mass is 405 g/mol. The summed E-state index contributed by atoms with van der Waals surface area (Å²) in [6, 6.07) is 1.52. The Balaban J connectivity index is 1.68. The molecule has 0 unspecified atom stereocenters. The molecule has 10 heteroatoms. The van der Waals surface area contributed by atoms with E-state index in [1.54, 1.807) is 18.6 Å². The molecule has 2 aromatic rings. The number of pyridine rings is 1. The van der Waals surface area contributed by atoms with Crippen LogP contribution in [-0.4, -0.2) is 70.2 Å². The van der Waals surface area contributed by atoms with Gasteiger partial charge in [-0.15, -0.1) is 0 Å². The van der Waals surface area contributed by atoms with E-state index in [1.165, 1.54) is 35.0 Å². The first kappa shape index (κ1) is 20.3. The van der Waals surface area contributed by atoms with Crippen LogP contribution in [0.4, 0.5) is 0 Å². The lowest BCUT2D eigenvalue weighted by Gasteiger charge is -2.32. The maximum absolute atomic E-state index is 12.2. The molecule has 3 heterocycles. The molecule has 1 aliphatic rings. The van der Waals surface area contributed by atoms with E-state index < -0.39 is 16.2 Å². The van der Waals surface area contributed by atoms with E-state index in [0.29, 0.717) is 36.7 Å². The minimum atomic E-state index is -3.37. The Kier molecular flexibility index (Phi) is 6.01. The molecule has 1 saturated heterocycles. The van der Waals surface area contributed by atoms with Crippen LogP contribution < -0.4 is 0 Å². The fourth-order valence-electron chi connectivity index (χ4n) is 3.21. The number of nitrogens with zero attached hydrogens (tertiary/aromatic N) is 5. The molecule has 0 saturated carbocycles. The van der Waals surface area contributed by atoms with Crippen LogP contribution in [0.15, 0.2) is 30.9 Å². The van der Waals surface area contributed by atoms with Gasteiger partial charge in [0.2, 0.25) is 0 Å². The van der Waals surface area contributed by atoms with Gasteiger partial charge in [0, 0.05) is 51.3 Å². The molecule has 0 radical (unpaired) electrons. The molecule has 0 atom stereocenters. The lowest BCUT2D eigenvalue weighted by atomic mass is 9.93. The summed E-state index contributed by atoms with van der Waals surface area (Å²) in [4.78, 5) is 23.9. The van der Waals surface area contributed by atoms with Crippen molar-refractivity contribution in [1.82, 2.24) is 23.6 Å². The van der Waals surface area contributed by atoms with Crippen LogP contribution in [0.3, 0.4) is 0 Å². The second kappa shape index (κ2) is 8.29. The Labute approximate surface area is 164 Å². The van der Waals surface area contributed by atoms with Crippen LogP contribution >= 0.6 is 0 Å². The van der Waals surface area contributed by atoms with E-state index >= 15 is 0 Å². The maximum atomic E-state index is 12.2. The molecule has 1 aliphatic heterocycles. The van der Waals surface area contributed by atoms with Crippen molar-refractivity contribution >= 4 is 16.2 Å². The van der Waals surface area contributed by atoms with Crippen LogP contribution in [0, 0.1) is 5.92 Å². The number of carboxylic acid groups (broad SMARTS) is 1. The summed E-state index contributed by atoms with van der Waals surface area (Å²) in [6.07, 6.45) is 8.34. The minimum Gasteiger partial charge on any atom is -0.478 e. The van der Waals surface area contributed by atoms with Crippen LogP contribution in [-0.2, 0) is 16.6 Å². The van der Waals surface area contributed by atoms with Crippen LogP contribution in [0.2, 0.25) is 0 Å². The topological polar surface area (TPSA) is 117 Å². The Morgan fingerprint density at radius 1 is 1.18 bits per heavy atom. The van der Waals surface area contributed by atoms with Crippen molar-refractivity contribution in [3.05, 3.63) is 42.1 Å². The highest BCUT2D eigenvalue weighted by atomic mass is 32.2. The van der Waals surface area contributed by atoms with Crippen molar-refractivity contribution in [2.75, 3.05) is 27.2 Å². The predicted molar refractivity (Wildman–Crippen MR) is 103 cm³/mol. The molecule has 0 aromatic carbocycles. The zero-order valence-electron chi connectivity index (χ0n) is 15.8. The first-order chi connectivity index (χ1) is 13.3. The van der Waals surface area contributed by atoms with Crippen molar-refractivity contribution in [1.29, 1.82) is 0 Å². The van der Waals surface area contributed by atoms with E-state index in [9.17, 15) is 13.2 Å². The summed E-state index contributed by atoms with van der Waals surface area (Å²) in [5.74, 6) is -0.723. The number of rotatable bonds is 6. The largest absolute Gasteiger partial charge is 0.478 e. The first-order valence-corrected chi connectivity index (χ1v) is 10.3. The van der Waals surface area contributed by atoms with Gasteiger partial charge in [0.15, 0.2) is 0 Å². The average molecular weight is 405 g/mol. The molecule has 150 valence electrons. The maximum Gasteiger partial charge on any atom is 0.337 e. The van der Waals surface area contributed by atoms with Gasteiger partial charge in [0.05, 0.1) is 23.1 Å². The third kappa shape index (κ3) is 4.51. The van der Waals surface area contributed by atoms with Crippen LogP contribution in [0.5, 0.6) is 0 Å². The standard InChI is InChI=1S/C18H23N5O4S/c1-22(2)28(26,27)23-5-3-13(4-6-23)7-16-11-20-12-17(21-16)14-8-15(18(24)25)10-19-9-14/h8-13H,3-7H2,1-2H3,(H,24,25). The zero-order chi connectivity index (χ0) is 20.3. The highest BCUT2D eigenvalue weighted by molar-refractivity contribution is 7.86. The van der Waals surface area contributed by atoms with Gasteiger partial charge in [-0.2, -0.15) is 17.0 Å². The molecule has 1 fully saturated rings. The molecule has 9 nitrogen and oxygen atoms in total. The molecule has 0 aliphatic carbocycles. The van der Waals surface area contributed by atoms with Gasteiger partial charge in [-0.3, -0.25) is 9.97 Å². The van der Waals surface area contributed by atoms with Gasteiger partial charge in [-0.05, 0) is 31.2 Å². The van der Waals surface area contributed by atoms with Gasteiger partial charge in [-0.1, -0.05) is 0 Å². The number of carboxylic acids is 1. The zero-order valence-corrected chi connectivity index (χ0v) is 16.6. The van der Waals surface area contributed by atoms with E-state index in [2.05, 4.69) is 15.0 Å². The van der Waals surface area contributed by atoms with Crippen molar-refractivity contribution in [3.8, 4) is 11.3 Å². The summed E-state index contributed by atoms with van der Waals surface area (Å²) in [5.41, 5.74) is 2.06. The third-order valence-corrected chi connectivity index (χ3v) is 6.77. The van der Waals surface area contributed by atoms with Gasteiger partial charge in [0.25, 0.3) is 10.2 Å². The molecule has 3 rings (SSSR count). The molecule has 0 amide bonds. The number of hydrogen-bond donors (Lipinski definition) is 1. The Morgan fingerprint density at radius 2 is 1.86 bits per heavy atom. The molecule has 1 N–H and O–H groups in total. The molecule has 2 aromatic heterocycles. The number of aromatic carboxylic acids is 1. The molecule has 28 heavy (non-hydrogen) atoms. The number of hydrogen-bond acceptors (Lipinski definition) is 6. The van der Waals surface area contributed by atoms with E-state index in [1.807, 2.05) is 0 Å². The molecular formula is C18H23N5O4S. The Morgan fingerprint density at radius 3 is 2.50 bits per heavy atom. The van der Waals surface area contributed by atoms with Gasteiger partial charge < -0.3 is 5.11 Å². The second-order valence-electron chi connectivity index (χ2n) is 7.00. The number of aromatic nitrogens is 3. The summed E-state index contributed by atoms with van der Waals surface area (Å²) in [5, 5.41) is 9.11. The summed E-state index contributed by atoms with van der Waals surface area (Å²) < 4.78 is 27.2. The van der Waals surface area contributed by atoms with E-state index in [4.69, 9.17) is 5.11 Å². The fraction of sp³-hybridized carbons (Fsp3) is 0.444. The van der Waals surface area contributed by atoms with Crippen molar-refractivity contribution < 1.29 is 18.3 Å². The molecular weight excluding hydrogens is 382 g/mol. The SMILES string of the molecule is CN(C)S(=O)(=O)N1CCC(Cc2cncc(-c3cncc(C(=O)O)c3)n2)CC1. The smallest absolute Gasteiger partial charge is 0.337 e. The fourth-order valence-corrected chi connectivity index (χ4v) is 4.35. The number of carbonyl (C=O) groups is 1. The van der Waals surface area contributed by atoms with Gasteiger partial charge >= 0.3 is 5.97 Å². The first-order valence-electron chi connectivity index (χ1n) is 8.94. The van der Waals surface area contributed by atoms with Crippen LogP contribution in [0.25, 0.3) is 11.3 Å². The quantitative estimate of drug-likeness (QED) is 0.770. The average Bonchev–Trinajstić information content (AvgIpc) is 2.68. The lowest BCUT2D eigenvalue weighted by Crippen LogP contribution is -2.44. The third-order valence-electron chi connectivity index (χ3n) is 4.82. The molecule has 0 spiro atoms. The van der Waals surface area contributed by atoms with Gasteiger partial charge in [0.1, 0.15) is 0 Å². The Bertz CT molecular complexity index is 956. The van der Waals surface area contributed by atoms with Crippen molar-refractivity contribution in [2.24, 2.45) is 5.92 Å². The normalized spacial score (nSPS) is 16.4. The highest BCUT2D eigenvalue weighted by Crippen LogP contribution is 2.24. The Hall–Kier alpha value is -2.43. The second-order valence-corrected chi connectivity index (χ2v) is 9.14. The number of piperidine rings is 1. The van der Waals surface area contributed by atoms with Gasteiger partial charge in [-0.25, -0.2) is 9.78 Å². The summed E-state index contributed by atoms with van der Waals surface area (Å²) in [7, 11) is -0.290. The summed E-state index contributed by atoms with van der Waals surface area (Å²) in [6.45, 7) is 0.978. The van der Waals surface area contributed by atoms with E-state index in [-0.39, 0.29) is 5.56 Å². The highest BCUT2D eigenvalue weighted by Gasteiger charge is 2.29. The van der Waals surface area contributed by atoms with Crippen molar-refractivity contribution in [3.63, 3.8) is 0 Å². The predicted octanol–water partition coefficient (Wildman–Crippen LogP) is 1.30. The van der Waals surface area contributed by atoms with Crippen LogP contribution in [0.1, 0.15) is 28.9 Å².